The van der Waals surface area contributed by atoms with Gasteiger partial charge in [-0.05, 0) is 29.8 Å². The molecule has 1 amide bonds. The van der Waals surface area contributed by atoms with Crippen LogP contribution in [0.4, 0.5) is 0 Å². The Morgan fingerprint density at radius 1 is 1.10 bits per heavy atom. The quantitative estimate of drug-likeness (QED) is 0.579. The summed E-state index contributed by atoms with van der Waals surface area (Å²) in [6.07, 6.45) is 4.13. The van der Waals surface area contributed by atoms with Crippen LogP contribution in [0.1, 0.15) is 33.1 Å². The van der Waals surface area contributed by atoms with E-state index < -0.39 is 0 Å². The summed E-state index contributed by atoms with van der Waals surface area (Å²) in [6, 6.07) is 11.4. The maximum absolute atomic E-state index is 12.9. The summed E-state index contributed by atoms with van der Waals surface area (Å²) in [7, 11) is 1.65. The van der Waals surface area contributed by atoms with Crippen molar-refractivity contribution in [1.82, 2.24) is 30.0 Å². The van der Waals surface area contributed by atoms with Crippen molar-refractivity contribution in [3.05, 3.63) is 77.1 Å². The van der Waals surface area contributed by atoms with Gasteiger partial charge in [-0.15, -0.1) is 0 Å². The molecule has 0 saturated carbocycles. The largest absolute Gasteiger partial charge is 0.497 e. The zero-order chi connectivity index (χ0) is 19.8. The van der Waals surface area contributed by atoms with Crippen LogP contribution in [0.5, 0.6) is 5.75 Å². The molecule has 0 spiro atoms. The van der Waals surface area contributed by atoms with E-state index in [2.05, 4.69) is 25.1 Å². The van der Waals surface area contributed by atoms with Crippen LogP contribution in [0.15, 0.2) is 48.8 Å². The number of aromatic amines is 1. The van der Waals surface area contributed by atoms with Gasteiger partial charge in [0.05, 0.1) is 25.5 Å². The number of aromatic nitrogens is 5. The van der Waals surface area contributed by atoms with Crippen LogP contribution in [0.3, 0.4) is 0 Å². The van der Waals surface area contributed by atoms with Gasteiger partial charge in [0.2, 0.25) is 0 Å². The average molecular weight is 386 g/mol. The number of hydrogen-bond acceptors (Lipinski definition) is 6. The van der Waals surface area contributed by atoms with Crippen LogP contribution < -0.4 is 4.74 Å². The van der Waals surface area contributed by atoms with Crippen molar-refractivity contribution in [2.45, 2.75) is 19.5 Å². The van der Waals surface area contributed by atoms with E-state index in [0.29, 0.717) is 30.9 Å². The number of carbonyl (C=O) groups excluding carboxylic acids is 1. The van der Waals surface area contributed by atoms with Gasteiger partial charge in [0.25, 0.3) is 5.91 Å². The Kier molecular flexibility index (Phi) is 4.16. The third-order valence-corrected chi connectivity index (χ3v) is 5.03. The van der Waals surface area contributed by atoms with E-state index in [9.17, 15) is 4.79 Å². The van der Waals surface area contributed by atoms with Crippen molar-refractivity contribution in [2.24, 2.45) is 0 Å². The van der Waals surface area contributed by atoms with Gasteiger partial charge in [-0.25, -0.2) is 15.0 Å². The summed E-state index contributed by atoms with van der Waals surface area (Å²) >= 11 is 0. The number of carbonyl (C=O) groups is 1. The molecule has 1 aliphatic heterocycles. The monoisotopic (exact) mass is 386 g/mol. The summed E-state index contributed by atoms with van der Waals surface area (Å²) in [5, 5.41) is 7.62. The van der Waals surface area contributed by atoms with Crippen molar-refractivity contribution in [1.29, 1.82) is 0 Å². The molecule has 0 saturated heterocycles. The lowest BCUT2D eigenvalue weighted by atomic mass is 10.1. The number of methoxy groups -OCH3 is 1. The number of rotatable bonds is 4. The normalized spacial score (nSPS) is 12.9. The summed E-state index contributed by atoms with van der Waals surface area (Å²) in [6.45, 7) is 0.939. The standard InChI is InChI=1S/C21H18N6O2/c1-29-16-5-2-13(3-6-16)8-19-22-9-15-11-27(12-18(15)24-19)21(28)17-7-4-14-10-23-26-20(14)25-17/h2-7,9-10H,8,11-12H2,1H3,(H,23,25,26). The molecule has 0 fully saturated rings. The van der Waals surface area contributed by atoms with Gasteiger partial charge in [0, 0.05) is 30.1 Å². The van der Waals surface area contributed by atoms with E-state index in [4.69, 9.17) is 4.74 Å². The second-order valence-corrected chi connectivity index (χ2v) is 6.95. The molecule has 0 atom stereocenters. The first-order valence-electron chi connectivity index (χ1n) is 9.25. The number of pyridine rings is 1. The zero-order valence-corrected chi connectivity index (χ0v) is 15.8. The summed E-state index contributed by atoms with van der Waals surface area (Å²) in [5.41, 5.74) is 3.96. The highest BCUT2D eigenvalue weighted by Gasteiger charge is 2.27. The number of ether oxygens (including phenoxy) is 1. The van der Waals surface area contributed by atoms with Crippen LogP contribution >= 0.6 is 0 Å². The Hall–Kier alpha value is -3.81. The van der Waals surface area contributed by atoms with Gasteiger partial charge in [-0.1, -0.05) is 12.1 Å². The van der Waals surface area contributed by atoms with Gasteiger partial charge in [0.1, 0.15) is 17.3 Å². The first-order valence-corrected chi connectivity index (χ1v) is 9.25. The molecule has 5 rings (SSSR count). The highest BCUT2D eigenvalue weighted by molar-refractivity contribution is 5.94. The summed E-state index contributed by atoms with van der Waals surface area (Å²) in [5.74, 6) is 1.43. The molecule has 3 aromatic heterocycles. The van der Waals surface area contributed by atoms with E-state index in [1.807, 2.05) is 36.5 Å². The van der Waals surface area contributed by atoms with Gasteiger partial charge in [-0.2, -0.15) is 5.10 Å². The highest BCUT2D eigenvalue weighted by Crippen LogP contribution is 2.23. The molecule has 4 heterocycles. The lowest BCUT2D eigenvalue weighted by Crippen LogP contribution is -2.26. The van der Waals surface area contributed by atoms with Crippen molar-refractivity contribution < 1.29 is 9.53 Å². The summed E-state index contributed by atoms with van der Waals surface area (Å²) < 4.78 is 5.19. The molecule has 4 aromatic rings. The lowest BCUT2D eigenvalue weighted by Gasteiger charge is -2.14. The third kappa shape index (κ3) is 3.29. The predicted molar refractivity (Wildman–Crippen MR) is 105 cm³/mol. The molecule has 8 nitrogen and oxygen atoms in total. The highest BCUT2D eigenvalue weighted by atomic mass is 16.5. The number of nitrogens with one attached hydrogen (secondary N) is 1. The lowest BCUT2D eigenvalue weighted by molar-refractivity contribution is 0.0745. The molecule has 1 aromatic carbocycles. The van der Waals surface area contributed by atoms with Gasteiger partial charge in [0.15, 0.2) is 5.65 Å². The molecule has 1 aliphatic rings. The van der Waals surface area contributed by atoms with Gasteiger partial charge >= 0.3 is 0 Å². The fourth-order valence-corrected chi connectivity index (χ4v) is 3.46. The molecule has 0 unspecified atom stereocenters. The molecular weight excluding hydrogens is 368 g/mol. The SMILES string of the molecule is COc1ccc(Cc2ncc3c(n2)CN(C(=O)c2ccc4cn[nH]c4n2)C3)cc1. The molecule has 144 valence electrons. The molecule has 1 N–H and O–H groups in total. The number of fused-ring (bicyclic) bond motifs is 2. The first-order chi connectivity index (χ1) is 14.2. The second-order valence-electron chi connectivity index (χ2n) is 6.95. The fraction of sp³-hybridized carbons (Fsp3) is 0.190. The van der Waals surface area contributed by atoms with E-state index >= 15 is 0 Å². The topological polar surface area (TPSA) is 96.9 Å². The zero-order valence-electron chi connectivity index (χ0n) is 15.8. The Morgan fingerprint density at radius 2 is 1.97 bits per heavy atom. The number of hydrogen-bond donors (Lipinski definition) is 1. The minimum atomic E-state index is -0.129. The van der Waals surface area contributed by atoms with E-state index in [1.165, 1.54) is 0 Å². The van der Waals surface area contributed by atoms with Crippen LogP contribution in [-0.4, -0.2) is 43.1 Å². The third-order valence-electron chi connectivity index (χ3n) is 5.03. The number of nitrogens with zero attached hydrogens (tertiary/aromatic N) is 5. The maximum atomic E-state index is 12.9. The Bertz CT molecular complexity index is 1200. The average Bonchev–Trinajstić information content (AvgIpc) is 3.39. The molecule has 8 heteroatoms. The first kappa shape index (κ1) is 17.3. The molecule has 0 radical (unpaired) electrons. The van der Waals surface area contributed by atoms with Crippen molar-refractivity contribution >= 4 is 16.9 Å². The Balaban J connectivity index is 1.32. The maximum Gasteiger partial charge on any atom is 0.273 e. The molecule has 0 bridgehead atoms. The molecule has 0 aliphatic carbocycles. The predicted octanol–water partition coefficient (Wildman–Crippen LogP) is 2.50. The van der Waals surface area contributed by atoms with Gasteiger partial charge in [-0.3, -0.25) is 9.89 Å². The van der Waals surface area contributed by atoms with E-state index in [-0.39, 0.29) is 5.91 Å². The van der Waals surface area contributed by atoms with Crippen LogP contribution in [0.2, 0.25) is 0 Å². The minimum Gasteiger partial charge on any atom is -0.497 e. The van der Waals surface area contributed by atoms with Crippen molar-refractivity contribution in [3.8, 4) is 5.75 Å². The van der Waals surface area contributed by atoms with Crippen LogP contribution in [-0.2, 0) is 19.5 Å². The van der Waals surface area contributed by atoms with E-state index in [0.717, 1.165) is 33.8 Å². The molecule has 29 heavy (non-hydrogen) atoms. The van der Waals surface area contributed by atoms with Gasteiger partial charge < -0.3 is 9.64 Å². The van der Waals surface area contributed by atoms with Crippen molar-refractivity contribution in [2.75, 3.05) is 7.11 Å². The van der Waals surface area contributed by atoms with Crippen LogP contribution in [0, 0.1) is 0 Å². The Labute approximate surface area is 166 Å². The van der Waals surface area contributed by atoms with Crippen LogP contribution in [0.25, 0.3) is 11.0 Å². The Morgan fingerprint density at radius 3 is 2.79 bits per heavy atom. The molecular formula is C21H18N6O2. The van der Waals surface area contributed by atoms with Crippen molar-refractivity contribution in [3.63, 3.8) is 0 Å². The number of H-pyrrole nitrogens is 1. The number of amides is 1. The number of benzene rings is 1. The van der Waals surface area contributed by atoms with E-state index in [1.54, 1.807) is 24.3 Å². The smallest absolute Gasteiger partial charge is 0.273 e. The fourth-order valence-electron chi connectivity index (χ4n) is 3.46. The second kappa shape index (κ2) is 6.97. The minimum absolute atomic E-state index is 0.129. The summed E-state index contributed by atoms with van der Waals surface area (Å²) in [4.78, 5) is 28.2.